The molecule has 0 aliphatic carbocycles. The van der Waals surface area contributed by atoms with Gasteiger partial charge in [0.1, 0.15) is 0 Å². The van der Waals surface area contributed by atoms with Crippen LogP contribution in [0.15, 0.2) is 12.2 Å². The van der Waals surface area contributed by atoms with Crippen molar-refractivity contribution in [2.24, 2.45) is 5.92 Å². The molecule has 1 N–H and O–H groups in total. The van der Waals surface area contributed by atoms with Crippen LogP contribution in [0.25, 0.3) is 0 Å². The summed E-state index contributed by atoms with van der Waals surface area (Å²) in [4.78, 5) is 10.6. The number of hydrogen-bond acceptors (Lipinski definition) is 1. The Morgan fingerprint density at radius 2 is 1.07 bits per heavy atom. The van der Waals surface area contributed by atoms with Crippen LogP contribution in [0.1, 0.15) is 142 Å². The van der Waals surface area contributed by atoms with Gasteiger partial charge in [-0.1, -0.05) is 122 Å². The van der Waals surface area contributed by atoms with Crippen LogP contribution >= 0.6 is 0 Å². The van der Waals surface area contributed by atoms with Crippen molar-refractivity contribution in [3.63, 3.8) is 0 Å². The highest BCUT2D eigenvalue weighted by Gasteiger charge is 2.06. The fourth-order valence-electron chi connectivity index (χ4n) is 3.85. The van der Waals surface area contributed by atoms with Crippen molar-refractivity contribution in [1.82, 2.24) is 0 Å². The molecular formula is C26H50O2. The predicted octanol–water partition coefficient (Wildman–Crippen LogP) is 9.09. The summed E-state index contributed by atoms with van der Waals surface area (Å²) in [6, 6.07) is 0. The topological polar surface area (TPSA) is 37.3 Å². The van der Waals surface area contributed by atoms with Crippen LogP contribution in [-0.2, 0) is 4.79 Å². The van der Waals surface area contributed by atoms with E-state index < -0.39 is 5.97 Å². The number of carboxylic acids is 1. The number of aliphatic carboxylic acids is 1. The summed E-state index contributed by atoms with van der Waals surface area (Å²) < 4.78 is 0. The molecule has 0 rings (SSSR count). The van der Waals surface area contributed by atoms with Gasteiger partial charge in [0.2, 0.25) is 0 Å². The molecule has 28 heavy (non-hydrogen) atoms. The van der Waals surface area contributed by atoms with Crippen LogP contribution in [0.5, 0.6) is 0 Å². The van der Waals surface area contributed by atoms with Crippen molar-refractivity contribution >= 4 is 5.97 Å². The third kappa shape index (κ3) is 23.2. The van der Waals surface area contributed by atoms with E-state index in [2.05, 4.69) is 26.0 Å². The van der Waals surface area contributed by atoms with E-state index in [4.69, 9.17) is 5.11 Å². The van der Waals surface area contributed by atoms with Gasteiger partial charge in [-0.15, -0.1) is 0 Å². The zero-order chi connectivity index (χ0) is 20.7. The quantitative estimate of drug-likeness (QED) is 0.147. The monoisotopic (exact) mass is 394 g/mol. The molecule has 166 valence electrons. The molecule has 0 saturated carbocycles. The van der Waals surface area contributed by atoms with Gasteiger partial charge >= 0.3 is 5.97 Å². The lowest BCUT2D eigenvalue weighted by Crippen LogP contribution is -2.03. The summed E-state index contributed by atoms with van der Waals surface area (Å²) in [6.45, 7) is 4.33. The van der Waals surface area contributed by atoms with Crippen LogP contribution in [-0.4, -0.2) is 11.1 Å². The first kappa shape index (κ1) is 27.2. The zero-order valence-electron chi connectivity index (χ0n) is 19.2. The summed E-state index contributed by atoms with van der Waals surface area (Å²) in [5, 5.41) is 8.75. The van der Waals surface area contributed by atoms with Crippen molar-refractivity contribution < 1.29 is 9.90 Å². The van der Waals surface area contributed by atoms with E-state index in [0.29, 0.717) is 12.3 Å². The Hall–Kier alpha value is -0.790. The maximum atomic E-state index is 10.6. The summed E-state index contributed by atoms with van der Waals surface area (Å²) in [5.41, 5.74) is 0. The minimum atomic E-state index is -0.656. The molecule has 1 atom stereocenters. The summed E-state index contributed by atoms with van der Waals surface area (Å²) >= 11 is 0. The third-order valence-corrected chi connectivity index (χ3v) is 5.73. The molecule has 0 aliphatic heterocycles. The number of rotatable bonds is 22. The van der Waals surface area contributed by atoms with E-state index in [1.54, 1.807) is 0 Å². The molecule has 0 aromatic rings. The molecule has 0 aromatic carbocycles. The fourth-order valence-corrected chi connectivity index (χ4v) is 3.85. The highest BCUT2D eigenvalue weighted by molar-refractivity contribution is 5.66. The van der Waals surface area contributed by atoms with Gasteiger partial charge in [-0.2, -0.15) is 0 Å². The Bertz CT molecular complexity index is 348. The molecule has 0 bridgehead atoms. The number of carbonyl (C=O) groups is 1. The Balaban J connectivity index is 3.13. The zero-order valence-corrected chi connectivity index (χ0v) is 19.2. The molecule has 0 unspecified atom stereocenters. The van der Waals surface area contributed by atoms with Crippen LogP contribution < -0.4 is 0 Å². The van der Waals surface area contributed by atoms with Crippen molar-refractivity contribution in [2.45, 2.75) is 142 Å². The second kappa shape index (κ2) is 22.5. The van der Waals surface area contributed by atoms with Gasteiger partial charge in [-0.05, 0) is 31.6 Å². The number of allylic oxidation sites excluding steroid dienone is 2. The highest BCUT2D eigenvalue weighted by atomic mass is 16.4. The van der Waals surface area contributed by atoms with Crippen molar-refractivity contribution in [3.05, 3.63) is 12.2 Å². The molecule has 0 amide bonds. The number of unbranched alkanes of at least 4 members (excludes halogenated alkanes) is 16. The van der Waals surface area contributed by atoms with Crippen molar-refractivity contribution in [1.29, 1.82) is 0 Å². The van der Waals surface area contributed by atoms with E-state index >= 15 is 0 Å². The Labute approximate surface area is 176 Å². The lowest BCUT2D eigenvalue weighted by atomic mass is 9.99. The highest BCUT2D eigenvalue weighted by Crippen LogP contribution is 2.16. The van der Waals surface area contributed by atoms with E-state index in [0.717, 1.165) is 6.42 Å². The van der Waals surface area contributed by atoms with E-state index in [1.807, 2.05) is 0 Å². The molecule has 0 fully saturated rings. The minimum absolute atomic E-state index is 0.328. The summed E-state index contributed by atoms with van der Waals surface area (Å²) in [6.07, 6.45) is 30.6. The largest absolute Gasteiger partial charge is 0.481 e. The van der Waals surface area contributed by atoms with Gasteiger partial charge < -0.3 is 5.11 Å². The Kier molecular flexibility index (Phi) is 21.9. The molecule has 0 spiro atoms. The molecular weight excluding hydrogens is 344 g/mol. The van der Waals surface area contributed by atoms with Crippen LogP contribution in [0.4, 0.5) is 0 Å². The normalized spacial score (nSPS) is 12.6. The van der Waals surface area contributed by atoms with Gasteiger partial charge in [-0.25, -0.2) is 0 Å². The molecule has 2 nitrogen and oxygen atoms in total. The summed E-state index contributed by atoms with van der Waals surface area (Å²) in [7, 11) is 0. The SMILES string of the molecule is CCCCCCCC/C=C\CCCCCCCCCCCC[C@@H](C)CC(=O)O. The first-order chi connectivity index (χ1) is 13.7. The first-order valence-electron chi connectivity index (χ1n) is 12.5. The first-order valence-corrected chi connectivity index (χ1v) is 12.5. The number of carboxylic acid groups (broad SMARTS) is 1. The third-order valence-electron chi connectivity index (χ3n) is 5.73. The van der Waals surface area contributed by atoms with Crippen molar-refractivity contribution in [3.8, 4) is 0 Å². The molecule has 2 heteroatoms. The second-order valence-corrected chi connectivity index (χ2v) is 8.84. The maximum Gasteiger partial charge on any atom is 0.303 e. The van der Waals surface area contributed by atoms with Gasteiger partial charge in [-0.3, -0.25) is 4.79 Å². The average Bonchev–Trinajstić information content (AvgIpc) is 2.66. The molecule has 0 aromatic heterocycles. The lowest BCUT2D eigenvalue weighted by molar-refractivity contribution is -0.138. The van der Waals surface area contributed by atoms with E-state index in [1.165, 1.54) is 116 Å². The number of hydrogen-bond donors (Lipinski definition) is 1. The fraction of sp³-hybridized carbons (Fsp3) is 0.885. The smallest absolute Gasteiger partial charge is 0.303 e. The average molecular weight is 395 g/mol. The van der Waals surface area contributed by atoms with Gasteiger partial charge in [0.15, 0.2) is 0 Å². The second-order valence-electron chi connectivity index (χ2n) is 8.84. The maximum absolute atomic E-state index is 10.6. The van der Waals surface area contributed by atoms with Gasteiger partial charge in [0.25, 0.3) is 0 Å². The molecule has 0 radical (unpaired) electrons. The summed E-state index contributed by atoms with van der Waals surface area (Å²) in [5.74, 6) is -0.320. The predicted molar refractivity (Wildman–Crippen MR) is 124 cm³/mol. The molecule has 0 heterocycles. The molecule has 0 aliphatic rings. The Morgan fingerprint density at radius 3 is 1.50 bits per heavy atom. The van der Waals surface area contributed by atoms with Gasteiger partial charge in [0, 0.05) is 6.42 Å². The van der Waals surface area contributed by atoms with Crippen molar-refractivity contribution in [2.75, 3.05) is 0 Å². The Morgan fingerprint density at radius 1 is 0.679 bits per heavy atom. The van der Waals surface area contributed by atoms with Crippen LogP contribution in [0.2, 0.25) is 0 Å². The lowest BCUT2D eigenvalue weighted by Gasteiger charge is -2.07. The van der Waals surface area contributed by atoms with Gasteiger partial charge in [0.05, 0.1) is 0 Å². The standard InChI is InChI=1S/C26H50O2/c1-3-4-5-6-7-8-9-10-11-12-13-14-15-16-17-18-19-20-21-22-23-25(2)24-26(27)28/h10-11,25H,3-9,12-24H2,1-2H3,(H,27,28)/b11-10-/t25-/m1/s1. The van der Waals surface area contributed by atoms with Crippen LogP contribution in [0.3, 0.4) is 0 Å². The van der Waals surface area contributed by atoms with E-state index in [9.17, 15) is 4.79 Å². The van der Waals surface area contributed by atoms with Crippen LogP contribution in [0, 0.1) is 5.92 Å². The minimum Gasteiger partial charge on any atom is -0.481 e. The van der Waals surface area contributed by atoms with E-state index in [-0.39, 0.29) is 0 Å². The molecule has 0 saturated heterocycles.